The fourth-order valence-corrected chi connectivity index (χ4v) is 3.49. The minimum absolute atomic E-state index is 0.0175. The number of aliphatic carboxylic acids is 1. The molecular formula is C24H44N8O9. The summed E-state index contributed by atoms with van der Waals surface area (Å²) in [6.07, 6.45) is 0.326. The Morgan fingerprint density at radius 1 is 0.756 bits per heavy atom. The number of amides is 7. The molecular weight excluding hydrogens is 544 g/mol. The number of primary amides is 1. The maximum atomic E-state index is 13.2. The number of nitrogens with one attached hydrogen (secondary N) is 6. The van der Waals surface area contributed by atoms with Crippen molar-refractivity contribution in [2.75, 3.05) is 26.2 Å². The van der Waals surface area contributed by atoms with Crippen LogP contribution in [0.4, 0.5) is 4.79 Å². The van der Waals surface area contributed by atoms with E-state index in [-0.39, 0.29) is 38.3 Å². The minimum Gasteiger partial charge on any atom is -0.480 e. The van der Waals surface area contributed by atoms with E-state index in [1.165, 1.54) is 0 Å². The van der Waals surface area contributed by atoms with E-state index in [4.69, 9.17) is 11.5 Å². The van der Waals surface area contributed by atoms with Gasteiger partial charge in [0.05, 0.1) is 19.7 Å². The molecule has 0 aliphatic heterocycles. The first kappa shape index (κ1) is 37.0. The van der Waals surface area contributed by atoms with Gasteiger partial charge in [0.15, 0.2) is 0 Å². The highest BCUT2D eigenvalue weighted by Gasteiger charge is 2.32. The molecule has 234 valence electrons. The second-order valence-corrected chi connectivity index (χ2v) is 10.0. The van der Waals surface area contributed by atoms with Crippen molar-refractivity contribution in [3.63, 3.8) is 0 Å². The second-order valence-electron chi connectivity index (χ2n) is 10.0. The van der Waals surface area contributed by atoms with Crippen LogP contribution < -0.4 is 43.4 Å². The normalized spacial score (nSPS) is 13.8. The van der Waals surface area contributed by atoms with Gasteiger partial charge < -0.3 is 53.6 Å². The van der Waals surface area contributed by atoms with Crippen LogP contribution in [-0.4, -0.2) is 102 Å². The number of carbonyl (C=O) groups is 7. The summed E-state index contributed by atoms with van der Waals surface area (Å²) in [5.74, 6) is -5.65. The van der Waals surface area contributed by atoms with Crippen molar-refractivity contribution in [2.24, 2.45) is 23.3 Å². The van der Waals surface area contributed by atoms with Crippen molar-refractivity contribution in [2.45, 2.75) is 71.1 Å². The lowest BCUT2D eigenvalue weighted by atomic mass is 9.99. The van der Waals surface area contributed by atoms with Crippen molar-refractivity contribution in [3.8, 4) is 0 Å². The first-order chi connectivity index (χ1) is 19.1. The Kier molecular flexibility index (Phi) is 17.3. The van der Waals surface area contributed by atoms with Crippen LogP contribution in [0.2, 0.25) is 0 Å². The van der Waals surface area contributed by atoms with Gasteiger partial charge in [-0.3, -0.25) is 24.0 Å². The van der Waals surface area contributed by atoms with Gasteiger partial charge in [-0.25, -0.2) is 9.59 Å². The largest absolute Gasteiger partial charge is 0.480 e. The Labute approximate surface area is 238 Å². The molecule has 0 rings (SSSR count). The van der Waals surface area contributed by atoms with Crippen molar-refractivity contribution in [3.05, 3.63) is 0 Å². The Morgan fingerprint density at radius 3 is 1.83 bits per heavy atom. The summed E-state index contributed by atoms with van der Waals surface area (Å²) < 4.78 is 0. The van der Waals surface area contributed by atoms with Crippen molar-refractivity contribution in [1.82, 2.24) is 31.9 Å². The first-order valence-corrected chi connectivity index (χ1v) is 13.2. The smallest absolute Gasteiger partial charge is 0.326 e. The predicted octanol–water partition coefficient (Wildman–Crippen LogP) is -3.77. The van der Waals surface area contributed by atoms with Gasteiger partial charge in [-0.1, -0.05) is 27.7 Å². The van der Waals surface area contributed by atoms with E-state index in [9.17, 15) is 43.8 Å². The minimum atomic E-state index is -1.44. The van der Waals surface area contributed by atoms with Gasteiger partial charge >= 0.3 is 12.0 Å². The van der Waals surface area contributed by atoms with E-state index in [2.05, 4.69) is 31.9 Å². The van der Waals surface area contributed by atoms with E-state index < -0.39 is 84.8 Å². The topological polar surface area (TPSA) is 284 Å². The number of rotatable bonds is 19. The van der Waals surface area contributed by atoms with E-state index in [0.717, 1.165) is 0 Å². The Bertz CT molecular complexity index is 929. The highest BCUT2D eigenvalue weighted by Crippen LogP contribution is 2.09. The molecule has 0 saturated heterocycles. The standard InChI is InChI=1S/C24H44N8O9/c1-12(2)8-15(31-21(37)16(11-33)29-18(35)10-28-17(34)9-25)20(36)32-19(13(3)4)22(38)30-14(23(39)40)6-5-7-27-24(26)41/h12-16,19,33H,5-11,25H2,1-4H3,(H,28,34)(H,29,35)(H,30,38)(H,31,37)(H,32,36)(H,39,40)(H3,26,27,41)/t14-,15-,16-,19-/m0/s1. The lowest BCUT2D eigenvalue weighted by molar-refractivity contribution is -0.143. The van der Waals surface area contributed by atoms with Crippen molar-refractivity contribution >= 4 is 41.5 Å². The Balaban J connectivity index is 5.46. The number of carbonyl (C=O) groups excluding carboxylic acids is 6. The van der Waals surface area contributed by atoms with Crippen LogP contribution in [0.15, 0.2) is 0 Å². The summed E-state index contributed by atoms with van der Waals surface area (Å²) in [4.78, 5) is 84.6. The average molecular weight is 589 g/mol. The molecule has 4 atom stereocenters. The monoisotopic (exact) mass is 588 g/mol. The number of nitrogens with two attached hydrogens (primary N) is 2. The molecule has 0 fully saturated rings. The maximum Gasteiger partial charge on any atom is 0.326 e. The number of aliphatic hydroxyl groups excluding tert-OH is 1. The number of hydrogen-bond acceptors (Lipinski definition) is 9. The third-order valence-electron chi connectivity index (χ3n) is 5.64. The molecule has 0 radical (unpaired) electrons. The SMILES string of the molecule is CC(C)C[C@H](NC(=O)[C@H](CO)NC(=O)CNC(=O)CN)C(=O)N[C@H](C(=O)N[C@@H](CCCNC(N)=O)C(=O)O)C(C)C. The van der Waals surface area contributed by atoms with Crippen LogP contribution in [0.1, 0.15) is 47.0 Å². The molecule has 0 aromatic heterocycles. The fourth-order valence-electron chi connectivity index (χ4n) is 3.49. The van der Waals surface area contributed by atoms with Gasteiger partial charge in [0, 0.05) is 6.54 Å². The van der Waals surface area contributed by atoms with Crippen LogP contribution in [-0.2, 0) is 28.8 Å². The van der Waals surface area contributed by atoms with Crippen molar-refractivity contribution < 1.29 is 43.8 Å². The highest BCUT2D eigenvalue weighted by atomic mass is 16.4. The summed E-state index contributed by atoms with van der Waals surface area (Å²) >= 11 is 0. The number of carboxylic acids is 1. The molecule has 41 heavy (non-hydrogen) atoms. The van der Waals surface area contributed by atoms with Gasteiger partial charge in [0.25, 0.3) is 0 Å². The van der Waals surface area contributed by atoms with Gasteiger partial charge in [-0.2, -0.15) is 0 Å². The van der Waals surface area contributed by atoms with E-state index in [1.54, 1.807) is 27.7 Å². The molecule has 0 unspecified atom stereocenters. The van der Waals surface area contributed by atoms with Crippen LogP contribution in [0.3, 0.4) is 0 Å². The van der Waals surface area contributed by atoms with Gasteiger partial charge in [0.1, 0.15) is 24.2 Å². The highest BCUT2D eigenvalue weighted by molar-refractivity contribution is 5.95. The summed E-state index contributed by atoms with van der Waals surface area (Å²) in [5, 5.41) is 33.3. The molecule has 7 amide bonds. The predicted molar refractivity (Wildman–Crippen MR) is 146 cm³/mol. The first-order valence-electron chi connectivity index (χ1n) is 13.2. The molecule has 0 saturated carbocycles. The lowest BCUT2D eigenvalue weighted by Gasteiger charge is -2.28. The third-order valence-corrected chi connectivity index (χ3v) is 5.64. The average Bonchev–Trinajstić information content (AvgIpc) is 2.88. The van der Waals surface area contributed by atoms with Gasteiger partial charge in [0.2, 0.25) is 29.5 Å². The van der Waals surface area contributed by atoms with E-state index >= 15 is 0 Å². The zero-order chi connectivity index (χ0) is 31.7. The zero-order valence-corrected chi connectivity index (χ0v) is 23.8. The molecule has 0 spiro atoms. The molecule has 0 aliphatic rings. The summed E-state index contributed by atoms with van der Waals surface area (Å²) in [6.45, 7) is 5.31. The number of hydrogen-bond donors (Lipinski definition) is 10. The fraction of sp³-hybridized carbons (Fsp3) is 0.708. The lowest BCUT2D eigenvalue weighted by Crippen LogP contribution is -2.59. The zero-order valence-electron chi connectivity index (χ0n) is 23.8. The molecule has 0 aromatic carbocycles. The molecule has 0 aromatic rings. The number of carboxylic acid groups (broad SMARTS) is 1. The third kappa shape index (κ3) is 15.4. The molecule has 0 aliphatic carbocycles. The van der Waals surface area contributed by atoms with Crippen LogP contribution in [0.5, 0.6) is 0 Å². The maximum absolute atomic E-state index is 13.2. The van der Waals surface area contributed by atoms with Gasteiger partial charge in [-0.05, 0) is 31.1 Å². The number of aliphatic hydroxyl groups is 1. The summed E-state index contributed by atoms with van der Waals surface area (Å²) in [5.41, 5.74) is 10.1. The molecule has 17 heteroatoms. The quantitative estimate of drug-likeness (QED) is 0.0657. The Morgan fingerprint density at radius 2 is 1.34 bits per heavy atom. The van der Waals surface area contributed by atoms with Crippen LogP contribution in [0.25, 0.3) is 0 Å². The summed E-state index contributed by atoms with van der Waals surface area (Å²) in [7, 11) is 0. The molecule has 0 bridgehead atoms. The van der Waals surface area contributed by atoms with E-state index in [0.29, 0.717) is 0 Å². The molecule has 17 nitrogen and oxygen atoms in total. The molecule has 0 heterocycles. The van der Waals surface area contributed by atoms with Crippen LogP contribution >= 0.6 is 0 Å². The van der Waals surface area contributed by atoms with Crippen LogP contribution in [0, 0.1) is 11.8 Å². The Hall–Kier alpha value is -3.99. The van der Waals surface area contributed by atoms with E-state index in [1.807, 2.05) is 0 Å². The van der Waals surface area contributed by atoms with Gasteiger partial charge in [-0.15, -0.1) is 0 Å². The second kappa shape index (κ2) is 19.1. The number of urea groups is 1. The molecule has 12 N–H and O–H groups in total. The summed E-state index contributed by atoms with van der Waals surface area (Å²) in [6, 6.07) is -5.85. The van der Waals surface area contributed by atoms with Crippen molar-refractivity contribution in [1.29, 1.82) is 0 Å².